The zero-order chi connectivity index (χ0) is 25.8. The number of hydrogen-bond acceptors (Lipinski definition) is 6. The minimum atomic E-state index is -0.340. The molecule has 0 aliphatic heterocycles. The van der Waals surface area contributed by atoms with Crippen LogP contribution >= 0.6 is 0 Å². The van der Waals surface area contributed by atoms with Crippen molar-refractivity contribution in [1.29, 1.82) is 5.26 Å². The summed E-state index contributed by atoms with van der Waals surface area (Å²) >= 11 is 0. The molecule has 0 unspecified atom stereocenters. The molecule has 0 fully saturated rings. The van der Waals surface area contributed by atoms with Gasteiger partial charge >= 0.3 is 0 Å². The van der Waals surface area contributed by atoms with Crippen LogP contribution in [0.4, 0.5) is 4.39 Å². The molecule has 0 atom stereocenters. The maximum Gasteiger partial charge on any atom is 0.203 e. The Morgan fingerprint density at radius 2 is 1.67 bits per heavy atom. The third-order valence-corrected chi connectivity index (χ3v) is 5.79. The first-order chi connectivity index (χ1) is 17.4. The molecule has 0 aliphatic rings. The molecule has 184 valence electrons. The van der Waals surface area contributed by atoms with Crippen molar-refractivity contribution >= 4 is 0 Å². The fraction of sp³-hybridized carbons (Fsp3) is 0.214. The molecule has 2 aromatic heterocycles. The summed E-state index contributed by atoms with van der Waals surface area (Å²) in [5.41, 5.74) is 3.86. The van der Waals surface area contributed by atoms with E-state index in [9.17, 15) is 9.65 Å². The molecule has 0 amide bonds. The molecule has 0 saturated carbocycles. The van der Waals surface area contributed by atoms with Gasteiger partial charge in [-0.25, -0.2) is 9.37 Å². The number of hydrogen-bond donors (Lipinski definition) is 0. The minimum Gasteiger partial charge on any atom is -0.493 e. The van der Waals surface area contributed by atoms with Crippen LogP contribution < -0.4 is 14.2 Å². The summed E-state index contributed by atoms with van der Waals surface area (Å²) in [7, 11) is 8.57. The van der Waals surface area contributed by atoms with Crippen molar-refractivity contribution < 1.29 is 18.6 Å². The average molecular weight is 487 g/mol. The average Bonchev–Trinajstić information content (AvgIpc) is 3.34. The van der Waals surface area contributed by atoms with Gasteiger partial charge in [-0.3, -0.25) is 0 Å². The van der Waals surface area contributed by atoms with Crippen LogP contribution in [0.2, 0.25) is 0 Å². The van der Waals surface area contributed by atoms with Gasteiger partial charge in [0.2, 0.25) is 5.75 Å². The standard InChI is InChI=1S/C28H27FN4O3/c1-32(2)17-20-7-6-14-33(20)28-23(16-30)22(15-24(31-28)18-8-10-19(29)11-9-18)21-12-13-25(34-3)27(36-5)26(21)35-4/h6-15H,17H2,1-5H3. The second kappa shape index (κ2) is 10.5. The first-order valence-electron chi connectivity index (χ1n) is 11.2. The Kier molecular flexibility index (Phi) is 7.23. The van der Waals surface area contributed by atoms with Gasteiger partial charge in [-0.1, -0.05) is 0 Å². The van der Waals surface area contributed by atoms with Crippen LogP contribution in [0.15, 0.2) is 60.8 Å². The zero-order valence-electron chi connectivity index (χ0n) is 20.9. The van der Waals surface area contributed by atoms with Crippen LogP contribution in [0.1, 0.15) is 11.3 Å². The number of rotatable bonds is 8. The molecule has 0 radical (unpaired) electrons. The monoisotopic (exact) mass is 486 g/mol. The number of nitriles is 1. The van der Waals surface area contributed by atoms with Crippen LogP contribution in [0.5, 0.6) is 17.2 Å². The van der Waals surface area contributed by atoms with Gasteiger partial charge in [0.05, 0.1) is 27.0 Å². The Bertz CT molecular complexity index is 1420. The van der Waals surface area contributed by atoms with E-state index >= 15 is 0 Å². The Balaban J connectivity index is 2.07. The van der Waals surface area contributed by atoms with Crippen LogP contribution in [0, 0.1) is 17.1 Å². The SMILES string of the molecule is COc1ccc(-c2cc(-c3ccc(F)cc3)nc(-n3cccc3CN(C)C)c2C#N)c(OC)c1OC. The number of methoxy groups -OCH3 is 3. The molecule has 4 rings (SSSR count). The molecule has 2 aromatic carbocycles. The highest BCUT2D eigenvalue weighted by molar-refractivity contribution is 5.84. The topological polar surface area (TPSA) is 72.5 Å². The van der Waals surface area contributed by atoms with E-state index in [1.54, 1.807) is 25.3 Å². The lowest BCUT2D eigenvalue weighted by Gasteiger charge is -2.20. The highest BCUT2D eigenvalue weighted by Gasteiger charge is 2.24. The highest BCUT2D eigenvalue weighted by atomic mass is 19.1. The van der Waals surface area contributed by atoms with E-state index in [1.807, 2.05) is 54.0 Å². The summed E-state index contributed by atoms with van der Waals surface area (Å²) in [6.07, 6.45) is 1.88. The lowest BCUT2D eigenvalue weighted by atomic mass is 9.96. The van der Waals surface area contributed by atoms with E-state index in [2.05, 4.69) is 6.07 Å². The second-order valence-electron chi connectivity index (χ2n) is 8.36. The summed E-state index contributed by atoms with van der Waals surface area (Å²) in [5, 5.41) is 10.4. The number of pyridine rings is 1. The molecule has 8 heteroatoms. The van der Waals surface area contributed by atoms with Crippen molar-refractivity contribution in [3.05, 3.63) is 77.9 Å². The number of nitrogens with zero attached hydrogens (tertiary/aromatic N) is 4. The lowest BCUT2D eigenvalue weighted by molar-refractivity contribution is 0.325. The first-order valence-corrected chi connectivity index (χ1v) is 11.2. The molecule has 4 aromatic rings. The Hall–Kier alpha value is -4.35. The maximum absolute atomic E-state index is 13.7. The van der Waals surface area contributed by atoms with E-state index in [-0.39, 0.29) is 5.82 Å². The van der Waals surface area contributed by atoms with Crippen LogP contribution in [0.25, 0.3) is 28.2 Å². The Labute approximate surface area is 209 Å². The summed E-state index contributed by atoms with van der Waals surface area (Å²) in [5.74, 6) is 1.47. The van der Waals surface area contributed by atoms with Crippen molar-refractivity contribution in [3.63, 3.8) is 0 Å². The summed E-state index contributed by atoms with van der Waals surface area (Å²) in [6.45, 7) is 0.648. The number of aromatic nitrogens is 2. The molecule has 2 heterocycles. The molecular formula is C28H27FN4O3. The van der Waals surface area contributed by atoms with Crippen molar-refractivity contribution in [1.82, 2.24) is 14.5 Å². The third-order valence-electron chi connectivity index (χ3n) is 5.79. The molecule has 0 N–H and O–H groups in total. The maximum atomic E-state index is 13.7. The Morgan fingerprint density at radius 3 is 2.28 bits per heavy atom. The van der Waals surface area contributed by atoms with E-state index < -0.39 is 0 Å². The zero-order valence-corrected chi connectivity index (χ0v) is 20.9. The molecule has 7 nitrogen and oxygen atoms in total. The van der Waals surface area contributed by atoms with E-state index in [0.717, 1.165) is 5.69 Å². The van der Waals surface area contributed by atoms with Crippen molar-refractivity contribution in [2.45, 2.75) is 6.54 Å². The van der Waals surface area contributed by atoms with Crippen molar-refractivity contribution in [2.75, 3.05) is 35.4 Å². The van der Waals surface area contributed by atoms with Crippen LogP contribution in [-0.2, 0) is 6.54 Å². The first kappa shape index (κ1) is 24.8. The molecule has 0 spiro atoms. The van der Waals surface area contributed by atoms with Gasteiger partial charge in [0.1, 0.15) is 17.4 Å². The van der Waals surface area contributed by atoms with Crippen molar-refractivity contribution in [3.8, 4) is 51.5 Å². The minimum absolute atomic E-state index is 0.340. The quantitative estimate of drug-likeness (QED) is 0.336. The van der Waals surface area contributed by atoms with Crippen LogP contribution in [-0.4, -0.2) is 49.9 Å². The summed E-state index contributed by atoms with van der Waals surface area (Å²) in [6, 6.07) is 17.8. The third kappa shape index (κ3) is 4.61. The molecule has 36 heavy (non-hydrogen) atoms. The fourth-order valence-corrected chi connectivity index (χ4v) is 4.19. The molecule has 0 saturated heterocycles. The van der Waals surface area contributed by atoms with Crippen molar-refractivity contribution in [2.24, 2.45) is 0 Å². The van der Waals surface area contributed by atoms with Gasteiger partial charge in [0.15, 0.2) is 17.3 Å². The predicted octanol–water partition coefficient (Wildman–Crippen LogP) is 5.30. The van der Waals surface area contributed by atoms with Gasteiger partial charge in [0.25, 0.3) is 0 Å². The summed E-state index contributed by atoms with van der Waals surface area (Å²) in [4.78, 5) is 6.92. The molecule has 0 aliphatic carbocycles. The molecule has 0 bridgehead atoms. The van der Waals surface area contributed by atoms with Gasteiger partial charge < -0.3 is 23.7 Å². The van der Waals surface area contributed by atoms with Crippen LogP contribution in [0.3, 0.4) is 0 Å². The summed E-state index contributed by atoms with van der Waals surface area (Å²) < 4.78 is 32.3. The predicted molar refractivity (Wildman–Crippen MR) is 136 cm³/mol. The van der Waals surface area contributed by atoms with Gasteiger partial charge in [-0.05, 0) is 68.7 Å². The van der Waals surface area contributed by atoms with Gasteiger partial charge in [0, 0.05) is 35.1 Å². The highest BCUT2D eigenvalue weighted by Crippen LogP contribution is 2.46. The molecular weight excluding hydrogens is 459 g/mol. The lowest BCUT2D eigenvalue weighted by Crippen LogP contribution is -2.15. The van der Waals surface area contributed by atoms with Gasteiger partial charge in [-0.15, -0.1) is 0 Å². The van der Waals surface area contributed by atoms with E-state index in [1.165, 1.54) is 26.4 Å². The number of ether oxygens (including phenoxy) is 3. The Morgan fingerprint density at radius 1 is 0.944 bits per heavy atom. The number of benzene rings is 2. The second-order valence-corrected chi connectivity index (χ2v) is 8.36. The fourth-order valence-electron chi connectivity index (χ4n) is 4.19. The number of halogens is 1. The van der Waals surface area contributed by atoms with Gasteiger partial charge in [-0.2, -0.15) is 5.26 Å². The largest absolute Gasteiger partial charge is 0.493 e. The smallest absolute Gasteiger partial charge is 0.203 e. The normalized spacial score (nSPS) is 10.8. The van der Waals surface area contributed by atoms with E-state index in [4.69, 9.17) is 19.2 Å². The van der Waals surface area contributed by atoms with E-state index in [0.29, 0.717) is 57.6 Å².